The van der Waals surface area contributed by atoms with Crippen LogP contribution in [0.25, 0.3) is 32.7 Å². The molecule has 6 fully saturated rings. The molecule has 0 aliphatic heterocycles. The molecule has 3 heterocycles. The van der Waals surface area contributed by atoms with E-state index in [4.69, 9.17) is 15.6 Å². The van der Waals surface area contributed by atoms with Crippen LogP contribution in [0, 0.1) is 63.3 Å². The minimum atomic E-state index is -4.78. The summed E-state index contributed by atoms with van der Waals surface area (Å²) in [5.74, 6) is -4.54. The summed E-state index contributed by atoms with van der Waals surface area (Å²) in [5, 5.41) is 19.2. The summed E-state index contributed by atoms with van der Waals surface area (Å²) >= 11 is 0. The van der Waals surface area contributed by atoms with E-state index in [1.54, 1.807) is 33.7 Å². The summed E-state index contributed by atoms with van der Waals surface area (Å²) in [6.45, 7) is 0.656. The number of alkyl halides is 9. The van der Waals surface area contributed by atoms with Gasteiger partial charge in [0.15, 0.2) is 11.6 Å². The molecule has 6 aromatic carbocycles. The lowest BCUT2D eigenvalue weighted by Crippen LogP contribution is -2.54. The van der Waals surface area contributed by atoms with Gasteiger partial charge in [0, 0.05) is 84.4 Å². The number of aromatic nitrogens is 3. The highest BCUT2D eigenvalue weighted by Crippen LogP contribution is 2.64. The number of halogens is 12. The number of carbonyl (C=O) groups excluding carboxylic acids is 4. The van der Waals surface area contributed by atoms with E-state index in [1.807, 2.05) is 0 Å². The molecule has 6 aliphatic carbocycles. The van der Waals surface area contributed by atoms with Crippen LogP contribution in [0.2, 0.25) is 0 Å². The Morgan fingerprint density at radius 1 is 0.413 bits per heavy atom. The second-order valence-electron chi connectivity index (χ2n) is 29.5. The van der Waals surface area contributed by atoms with Crippen molar-refractivity contribution in [3.8, 4) is 17.2 Å². The summed E-state index contributed by atoms with van der Waals surface area (Å²) in [6.07, 6.45) is 1.84. The standard InChI is InChI=1S/C27H25F4NO4.C26H23F4NO4.C17H11F4NO3.C9H15NO2.CH4/c1-35-25(34)18-13-26(14-18)11-17(12-26)10-23(33)21-6-7-22(28)20-8-9-32(24(20)21)15-16-2-4-19(5-3-16)36-27(29,30)31;27-21-6-5-20(22(32)9-16-10-25(11-16)12-17(13-25)24(33)34)23-19(21)7-8-31(23)14-15-1-3-18(4-2-15)35-26(28,29)30;18-14-6-5-13(16(23)24)15-12(14)7-8-22(15)9-10-1-3-11(4-2-10)25-17(19,20)21;1-12-8(11)6-2-9(3-6)4-7(10)5-9;/h2-9,17-18H,10-15H2,1H3;1-8,16-17H,9-14H2,(H,33,34);1-8H,9H2,(H,23,24);6-7H,2-5,10H2,1H3;1H4. The van der Waals surface area contributed by atoms with Gasteiger partial charge in [0.1, 0.15) is 34.7 Å². The van der Waals surface area contributed by atoms with Crippen molar-refractivity contribution in [1.29, 1.82) is 0 Å². The number of nitrogens with zero attached hydrogens (tertiary/aromatic N) is 3. The average molecular weight is 1530 g/mol. The molecule has 0 atom stereocenters. The predicted molar refractivity (Wildman–Crippen MR) is 374 cm³/mol. The molecule has 580 valence electrons. The number of fused-ring (bicyclic) bond motifs is 3. The third kappa shape index (κ3) is 18.4. The van der Waals surface area contributed by atoms with Crippen LogP contribution in [0.5, 0.6) is 17.2 Å². The number of Topliss-reactive ketones (excluding diaryl/α,β-unsaturated/α-hetero) is 2. The van der Waals surface area contributed by atoms with E-state index in [0.717, 1.165) is 82.4 Å². The summed E-state index contributed by atoms with van der Waals surface area (Å²) in [5.41, 5.74) is 10.2. The van der Waals surface area contributed by atoms with E-state index < -0.39 is 48.5 Å². The molecule has 6 aliphatic rings. The van der Waals surface area contributed by atoms with Crippen LogP contribution >= 0.6 is 0 Å². The Balaban J connectivity index is 0.000000152. The van der Waals surface area contributed by atoms with Gasteiger partial charge in [-0.3, -0.25) is 24.0 Å². The fraction of sp³-hybridized carbons (Fsp3) is 0.400. The summed E-state index contributed by atoms with van der Waals surface area (Å²) < 4.78 is 180. The predicted octanol–water partition coefficient (Wildman–Crippen LogP) is 18.2. The van der Waals surface area contributed by atoms with E-state index in [-0.39, 0.29) is 125 Å². The highest BCUT2D eigenvalue weighted by atomic mass is 19.4. The lowest BCUT2D eigenvalue weighted by atomic mass is 9.47. The van der Waals surface area contributed by atoms with Gasteiger partial charge in [-0.05, 0) is 213 Å². The van der Waals surface area contributed by atoms with Gasteiger partial charge in [0.25, 0.3) is 0 Å². The molecule has 29 heteroatoms. The molecule has 0 bridgehead atoms. The minimum absolute atomic E-state index is 0. The molecule has 0 unspecified atom stereocenters. The molecule has 15 rings (SSSR count). The zero-order valence-electron chi connectivity index (χ0n) is 58.2. The molecule has 9 aromatic rings. The Bertz CT molecular complexity index is 4830. The number of ketones is 2. The maximum Gasteiger partial charge on any atom is 0.573 e. The molecule has 0 radical (unpaired) electrons. The van der Waals surface area contributed by atoms with E-state index in [9.17, 15) is 86.6 Å². The number of hydrogen-bond donors (Lipinski definition) is 3. The third-order valence-electron chi connectivity index (χ3n) is 21.7. The Labute approximate surface area is 616 Å². The topological polar surface area (TPSA) is 230 Å². The van der Waals surface area contributed by atoms with Crippen LogP contribution in [-0.4, -0.2) is 98.7 Å². The Morgan fingerprint density at radius 3 is 0.972 bits per heavy atom. The number of aromatic carboxylic acids is 1. The number of nitrogens with two attached hydrogens (primary N) is 1. The molecular formula is C80H78F12N4O13. The number of carboxylic acid groups (broad SMARTS) is 2. The van der Waals surface area contributed by atoms with Gasteiger partial charge >= 0.3 is 43.0 Å². The van der Waals surface area contributed by atoms with Crippen LogP contribution in [0.3, 0.4) is 0 Å². The number of carboxylic acids is 2. The lowest BCUT2D eigenvalue weighted by Gasteiger charge is -2.57. The van der Waals surface area contributed by atoms with Crippen molar-refractivity contribution in [3.63, 3.8) is 0 Å². The molecule has 3 aromatic heterocycles. The quantitative estimate of drug-likeness (QED) is 0.0389. The molecule has 4 N–H and O–H groups in total. The summed E-state index contributed by atoms with van der Waals surface area (Å²) in [6, 6.07) is 28.9. The van der Waals surface area contributed by atoms with Gasteiger partial charge in [-0.25, -0.2) is 18.0 Å². The van der Waals surface area contributed by atoms with Crippen molar-refractivity contribution >= 4 is 68.2 Å². The first-order chi connectivity index (χ1) is 51.0. The number of ether oxygens (including phenoxy) is 5. The first-order valence-electron chi connectivity index (χ1n) is 34.8. The van der Waals surface area contributed by atoms with E-state index in [1.165, 1.54) is 122 Å². The Kier molecular flexibility index (Phi) is 22.9. The number of esters is 2. The molecule has 0 amide bonds. The van der Waals surface area contributed by atoms with Crippen LogP contribution in [-0.2, 0) is 43.5 Å². The van der Waals surface area contributed by atoms with E-state index in [2.05, 4.69) is 18.9 Å². The number of carbonyl (C=O) groups is 6. The fourth-order valence-electron chi connectivity index (χ4n) is 17.1. The zero-order chi connectivity index (χ0) is 77.6. The highest BCUT2D eigenvalue weighted by Gasteiger charge is 2.57. The molecule has 0 saturated heterocycles. The second-order valence-corrected chi connectivity index (χ2v) is 29.5. The van der Waals surface area contributed by atoms with Gasteiger partial charge < -0.3 is 53.3 Å². The van der Waals surface area contributed by atoms with Gasteiger partial charge in [-0.15, -0.1) is 39.5 Å². The first kappa shape index (κ1) is 79.7. The van der Waals surface area contributed by atoms with Gasteiger partial charge in [-0.1, -0.05) is 43.8 Å². The highest BCUT2D eigenvalue weighted by molar-refractivity contribution is 6.08. The zero-order valence-corrected chi connectivity index (χ0v) is 58.2. The van der Waals surface area contributed by atoms with Crippen LogP contribution < -0.4 is 19.9 Å². The largest absolute Gasteiger partial charge is 0.573 e. The van der Waals surface area contributed by atoms with Gasteiger partial charge in [0.2, 0.25) is 0 Å². The van der Waals surface area contributed by atoms with Crippen molar-refractivity contribution < 1.29 is 115 Å². The van der Waals surface area contributed by atoms with Crippen LogP contribution in [0.15, 0.2) is 146 Å². The number of hydrogen-bond acceptors (Lipinski definition) is 12. The molecular weight excluding hydrogens is 1450 g/mol. The van der Waals surface area contributed by atoms with E-state index in [0.29, 0.717) is 86.8 Å². The second kappa shape index (κ2) is 31.3. The number of methoxy groups -OCH3 is 2. The fourth-order valence-corrected chi connectivity index (χ4v) is 17.1. The third-order valence-corrected chi connectivity index (χ3v) is 21.7. The normalized spacial score (nSPS) is 22.9. The molecule has 6 saturated carbocycles. The van der Waals surface area contributed by atoms with Crippen LogP contribution in [0.4, 0.5) is 52.7 Å². The summed E-state index contributed by atoms with van der Waals surface area (Å²) in [4.78, 5) is 71.6. The Morgan fingerprint density at radius 2 is 0.697 bits per heavy atom. The maximum atomic E-state index is 14.5. The first-order valence-corrected chi connectivity index (χ1v) is 34.8. The summed E-state index contributed by atoms with van der Waals surface area (Å²) in [7, 11) is 2.85. The molecule has 17 nitrogen and oxygen atoms in total. The smallest absolute Gasteiger partial charge is 0.481 e. The lowest BCUT2D eigenvalue weighted by molar-refractivity contribution is -0.275. The monoisotopic (exact) mass is 1530 g/mol. The van der Waals surface area contributed by atoms with Crippen molar-refractivity contribution in [2.24, 2.45) is 51.6 Å². The van der Waals surface area contributed by atoms with Crippen molar-refractivity contribution in [2.45, 2.75) is 142 Å². The maximum absolute atomic E-state index is 14.5. The number of benzene rings is 6. The molecule has 109 heavy (non-hydrogen) atoms. The Hall–Kier alpha value is -10.3. The molecule has 3 spiro atoms. The van der Waals surface area contributed by atoms with E-state index >= 15 is 0 Å². The average Bonchev–Trinajstić information content (AvgIpc) is 1.56. The van der Waals surface area contributed by atoms with Crippen molar-refractivity contribution in [3.05, 3.63) is 197 Å². The van der Waals surface area contributed by atoms with Gasteiger partial charge in [0.05, 0.1) is 54.1 Å². The number of aliphatic carboxylic acids is 1. The van der Waals surface area contributed by atoms with Crippen molar-refractivity contribution in [1.82, 2.24) is 13.7 Å². The van der Waals surface area contributed by atoms with Gasteiger partial charge in [-0.2, -0.15) is 0 Å². The van der Waals surface area contributed by atoms with Crippen molar-refractivity contribution in [2.75, 3.05) is 14.2 Å². The SMILES string of the molecule is C.COC(=O)C1CC2(CC(CC(=O)c3ccc(F)c4ccn(Cc5ccc(OC(F)(F)F)cc5)c34)C2)C1.COC(=O)C1CC2(CC(N)C2)C1.O=C(CC1CC2(C1)CC(C(=O)O)C2)c1ccc(F)c2ccn(Cc3ccc(OC(F)(F)F)cc3)c12.O=C(O)c1ccc(F)c2ccn(Cc3ccc(OC(F)(F)F)cc3)c12. The number of rotatable bonds is 19. The minimum Gasteiger partial charge on any atom is -0.481 e. The van der Waals surface area contributed by atoms with Crippen LogP contribution in [0.1, 0.15) is 145 Å².